The lowest BCUT2D eigenvalue weighted by molar-refractivity contribution is -0.147. The van der Waals surface area contributed by atoms with Crippen LogP contribution in [0.4, 0.5) is 0 Å². The van der Waals surface area contributed by atoms with E-state index < -0.39 is 18.0 Å². The molecule has 0 spiro atoms. The van der Waals surface area contributed by atoms with Gasteiger partial charge < -0.3 is 10.2 Å². The summed E-state index contributed by atoms with van der Waals surface area (Å²) < 4.78 is 0. The third-order valence-corrected chi connectivity index (χ3v) is 3.03. The Morgan fingerprint density at radius 3 is 2.64 bits per heavy atom. The van der Waals surface area contributed by atoms with Crippen LogP contribution in [0, 0.1) is 11.8 Å². The molecular weight excluding hydrogens is 180 g/mol. The Bertz CT molecular complexity index is 233. The van der Waals surface area contributed by atoms with Gasteiger partial charge in [-0.3, -0.25) is 4.79 Å². The summed E-state index contributed by atoms with van der Waals surface area (Å²) in [5.41, 5.74) is 0.990. The highest BCUT2D eigenvalue weighted by Gasteiger charge is 2.34. The van der Waals surface area contributed by atoms with Gasteiger partial charge in [-0.1, -0.05) is 18.6 Å². The van der Waals surface area contributed by atoms with E-state index in [2.05, 4.69) is 6.58 Å². The second-order valence-corrected chi connectivity index (χ2v) is 4.12. The van der Waals surface area contributed by atoms with Crippen LogP contribution in [-0.2, 0) is 4.79 Å². The minimum absolute atomic E-state index is 0.0405. The number of aliphatic carboxylic acids is 1. The van der Waals surface area contributed by atoms with Crippen LogP contribution in [0.3, 0.4) is 0 Å². The fraction of sp³-hybridized carbons (Fsp3) is 0.727. The van der Waals surface area contributed by atoms with Crippen molar-refractivity contribution in [1.82, 2.24) is 0 Å². The van der Waals surface area contributed by atoms with Crippen molar-refractivity contribution in [3.8, 4) is 0 Å². The van der Waals surface area contributed by atoms with Crippen LogP contribution in [0.25, 0.3) is 0 Å². The van der Waals surface area contributed by atoms with Crippen molar-refractivity contribution in [2.24, 2.45) is 11.8 Å². The van der Waals surface area contributed by atoms with Gasteiger partial charge in [-0.15, -0.1) is 0 Å². The Kier molecular flexibility index (Phi) is 3.69. The highest BCUT2D eigenvalue weighted by atomic mass is 16.4. The molecule has 0 amide bonds. The third kappa shape index (κ3) is 2.35. The summed E-state index contributed by atoms with van der Waals surface area (Å²) in [5, 5.41) is 18.4. The average molecular weight is 198 g/mol. The SMILES string of the molecule is C=C1CCCC[C@@H]1[C@H](C(=O)O)[C@@H](C)O. The van der Waals surface area contributed by atoms with Crippen molar-refractivity contribution in [2.45, 2.75) is 38.7 Å². The van der Waals surface area contributed by atoms with Crippen LogP contribution in [0.15, 0.2) is 12.2 Å². The zero-order valence-electron chi connectivity index (χ0n) is 8.57. The summed E-state index contributed by atoms with van der Waals surface area (Å²) in [6, 6.07) is 0. The Balaban J connectivity index is 2.75. The molecule has 3 atom stereocenters. The highest BCUT2D eigenvalue weighted by Crippen LogP contribution is 2.35. The molecule has 1 aliphatic rings. The maximum atomic E-state index is 11.0. The minimum atomic E-state index is -0.909. The fourth-order valence-electron chi connectivity index (χ4n) is 2.25. The Labute approximate surface area is 84.4 Å². The molecule has 1 aliphatic carbocycles. The van der Waals surface area contributed by atoms with Gasteiger partial charge in [0.05, 0.1) is 12.0 Å². The van der Waals surface area contributed by atoms with Gasteiger partial charge in [0.1, 0.15) is 0 Å². The largest absolute Gasteiger partial charge is 0.481 e. The zero-order chi connectivity index (χ0) is 10.7. The molecule has 0 radical (unpaired) electrons. The molecule has 80 valence electrons. The first-order valence-electron chi connectivity index (χ1n) is 5.12. The molecule has 0 aromatic rings. The number of carbonyl (C=O) groups is 1. The van der Waals surface area contributed by atoms with Crippen LogP contribution in [0.5, 0.6) is 0 Å². The first-order valence-corrected chi connectivity index (χ1v) is 5.12. The quantitative estimate of drug-likeness (QED) is 0.680. The number of rotatable bonds is 3. The van der Waals surface area contributed by atoms with Crippen molar-refractivity contribution >= 4 is 5.97 Å². The molecule has 0 bridgehead atoms. The minimum Gasteiger partial charge on any atom is -0.481 e. The number of hydrogen-bond donors (Lipinski definition) is 2. The second kappa shape index (κ2) is 4.60. The van der Waals surface area contributed by atoms with Gasteiger partial charge in [0, 0.05) is 0 Å². The zero-order valence-corrected chi connectivity index (χ0v) is 8.57. The van der Waals surface area contributed by atoms with E-state index in [1.54, 1.807) is 6.92 Å². The number of carboxylic acids is 1. The van der Waals surface area contributed by atoms with Crippen molar-refractivity contribution < 1.29 is 15.0 Å². The number of hydrogen-bond acceptors (Lipinski definition) is 2. The summed E-state index contributed by atoms with van der Waals surface area (Å²) in [4.78, 5) is 11.0. The van der Waals surface area contributed by atoms with E-state index in [9.17, 15) is 9.90 Å². The van der Waals surface area contributed by atoms with E-state index in [0.29, 0.717) is 0 Å². The highest BCUT2D eigenvalue weighted by molar-refractivity contribution is 5.71. The number of aliphatic hydroxyl groups excluding tert-OH is 1. The molecule has 0 aromatic heterocycles. The molecule has 1 fully saturated rings. The Morgan fingerprint density at radius 1 is 1.57 bits per heavy atom. The van der Waals surface area contributed by atoms with Gasteiger partial charge in [0.15, 0.2) is 0 Å². The smallest absolute Gasteiger partial charge is 0.309 e. The van der Waals surface area contributed by atoms with Gasteiger partial charge in [-0.25, -0.2) is 0 Å². The monoisotopic (exact) mass is 198 g/mol. The van der Waals surface area contributed by atoms with E-state index in [1.165, 1.54) is 0 Å². The number of carboxylic acid groups (broad SMARTS) is 1. The Morgan fingerprint density at radius 2 is 2.21 bits per heavy atom. The molecule has 0 heterocycles. The van der Waals surface area contributed by atoms with Gasteiger partial charge >= 0.3 is 5.97 Å². The molecule has 0 unspecified atom stereocenters. The molecule has 1 rings (SSSR count). The summed E-state index contributed by atoms with van der Waals surface area (Å²) >= 11 is 0. The van der Waals surface area contributed by atoms with Crippen molar-refractivity contribution in [3.63, 3.8) is 0 Å². The van der Waals surface area contributed by atoms with Gasteiger partial charge in [0.25, 0.3) is 0 Å². The maximum Gasteiger partial charge on any atom is 0.309 e. The predicted octanol–water partition coefficient (Wildman–Crippen LogP) is 1.81. The van der Waals surface area contributed by atoms with Crippen molar-refractivity contribution in [1.29, 1.82) is 0 Å². The molecule has 0 aromatic carbocycles. The molecule has 2 N–H and O–H groups in total. The number of aliphatic hydroxyl groups is 1. The van der Waals surface area contributed by atoms with Gasteiger partial charge in [-0.05, 0) is 32.1 Å². The van der Waals surface area contributed by atoms with Gasteiger partial charge in [0.2, 0.25) is 0 Å². The first-order chi connectivity index (χ1) is 6.54. The van der Waals surface area contributed by atoms with Crippen LogP contribution >= 0.6 is 0 Å². The number of allylic oxidation sites excluding steroid dienone is 1. The third-order valence-electron chi connectivity index (χ3n) is 3.03. The van der Waals surface area contributed by atoms with E-state index in [1.807, 2.05) is 0 Å². The van der Waals surface area contributed by atoms with Crippen LogP contribution in [0.2, 0.25) is 0 Å². The fourth-order valence-corrected chi connectivity index (χ4v) is 2.25. The van der Waals surface area contributed by atoms with Crippen LogP contribution < -0.4 is 0 Å². The second-order valence-electron chi connectivity index (χ2n) is 4.12. The van der Waals surface area contributed by atoms with Crippen LogP contribution in [-0.4, -0.2) is 22.3 Å². The summed E-state index contributed by atoms with van der Waals surface area (Å²) in [6.45, 7) is 5.45. The molecule has 1 saturated carbocycles. The lowest BCUT2D eigenvalue weighted by Gasteiger charge is -2.31. The normalized spacial score (nSPS) is 27.0. The first kappa shape index (κ1) is 11.2. The lowest BCUT2D eigenvalue weighted by atomic mass is 9.75. The van der Waals surface area contributed by atoms with E-state index >= 15 is 0 Å². The summed E-state index contributed by atoms with van der Waals surface area (Å²) in [5.74, 6) is -1.63. The topological polar surface area (TPSA) is 57.5 Å². The summed E-state index contributed by atoms with van der Waals surface area (Å²) in [6.07, 6.45) is 3.09. The van der Waals surface area contributed by atoms with Crippen molar-refractivity contribution in [2.75, 3.05) is 0 Å². The maximum absolute atomic E-state index is 11.0. The molecule has 3 nitrogen and oxygen atoms in total. The van der Waals surface area contributed by atoms with Crippen molar-refractivity contribution in [3.05, 3.63) is 12.2 Å². The molecular formula is C11H18O3. The Hall–Kier alpha value is -0.830. The molecule has 3 heteroatoms. The predicted molar refractivity (Wildman–Crippen MR) is 53.9 cm³/mol. The van der Waals surface area contributed by atoms with Gasteiger partial charge in [-0.2, -0.15) is 0 Å². The molecule has 14 heavy (non-hydrogen) atoms. The molecule has 0 aliphatic heterocycles. The summed E-state index contributed by atoms with van der Waals surface area (Å²) in [7, 11) is 0. The molecule has 0 saturated heterocycles. The van der Waals surface area contributed by atoms with Crippen LogP contribution in [0.1, 0.15) is 32.6 Å². The average Bonchev–Trinajstić information content (AvgIpc) is 2.07. The van der Waals surface area contributed by atoms with E-state index in [-0.39, 0.29) is 5.92 Å². The standard InChI is InChI=1S/C11H18O3/c1-7-5-3-4-6-9(7)10(8(2)12)11(13)14/h8-10,12H,1,3-6H2,2H3,(H,13,14)/t8-,9+,10-/m1/s1. The van der Waals surface area contributed by atoms with E-state index in [0.717, 1.165) is 31.3 Å². The lowest BCUT2D eigenvalue weighted by Crippen LogP contribution is -2.34. The van der Waals surface area contributed by atoms with E-state index in [4.69, 9.17) is 5.11 Å².